The first kappa shape index (κ1) is 21.0. The quantitative estimate of drug-likeness (QED) is 0.422. The van der Waals surface area contributed by atoms with Crippen LogP contribution in [0.4, 0.5) is 17.6 Å². The molecule has 0 aliphatic rings. The van der Waals surface area contributed by atoms with E-state index in [0.717, 1.165) is 0 Å². The summed E-state index contributed by atoms with van der Waals surface area (Å²) in [5.74, 6) is 0.681. The van der Waals surface area contributed by atoms with Crippen LogP contribution >= 0.6 is 0 Å². The average molecular weight is 364 g/mol. The number of aliphatic imine (C=N–C) groups is 1. The zero-order chi connectivity index (χ0) is 18.9. The third kappa shape index (κ3) is 9.75. The van der Waals surface area contributed by atoms with Crippen molar-refractivity contribution in [1.82, 2.24) is 15.5 Å². The SMILES string of the molecule is CN=C(NCCN(C)CC(F)(F)F)NCC(C)Oc1ccc(F)cc1. The standard InChI is InChI=1S/C16H24F4N4O/c1-12(25-14-6-4-13(17)5-7-14)10-23-15(21-2)22-8-9-24(3)11-16(18,19)20/h4-7,12H,8-11H2,1-3H3,(H2,21,22,23). The van der Waals surface area contributed by atoms with Gasteiger partial charge in [0.1, 0.15) is 17.7 Å². The van der Waals surface area contributed by atoms with E-state index < -0.39 is 12.7 Å². The van der Waals surface area contributed by atoms with Crippen LogP contribution in [0.2, 0.25) is 0 Å². The lowest BCUT2D eigenvalue weighted by molar-refractivity contribution is -0.142. The minimum Gasteiger partial charge on any atom is -0.489 e. The fourth-order valence-corrected chi connectivity index (χ4v) is 2.00. The minimum absolute atomic E-state index is 0.211. The van der Waals surface area contributed by atoms with Gasteiger partial charge in [-0.2, -0.15) is 13.2 Å². The molecule has 0 bridgehead atoms. The maximum atomic E-state index is 12.8. The Balaban J connectivity index is 2.28. The number of guanidine groups is 1. The molecule has 0 saturated heterocycles. The van der Waals surface area contributed by atoms with Crippen molar-refractivity contribution >= 4 is 5.96 Å². The molecular formula is C16H24F4N4O. The molecule has 0 saturated carbocycles. The molecule has 0 radical (unpaired) electrons. The van der Waals surface area contributed by atoms with E-state index in [4.69, 9.17) is 4.74 Å². The first-order valence-corrected chi connectivity index (χ1v) is 7.81. The molecule has 0 spiro atoms. The van der Waals surface area contributed by atoms with E-state index >= 15 is 0 Å². The van der Waals surface area contributed by atoms with E-state index in [-0.39, 0.29) is 18.5 Å². The molecule has 1 aromatic rings. The van der Waals surface area contributed by atoms with Gasteiger partial charge in [-0.15, -0.1) is 0 Å². The second kappa shape index (κ2) is 10.1. The molecular weight excluding hydrogens is 340 g/mol. The molecule has 0 heterocycles. The van der Waals surface area contributed by atoms with Crippen molar-refractivity contribution in [2.45, 2.75) is 19.2 Å². The summed E-state index contributed by atoms with van der Waals surface area (Å²) in [7, 11) is 2.98. The van der Waals surface area contributed by atoms with E-state index in [1.807, 2.05) is 6.92 Å². The first-order chi connectivity index (χ1) is 11.7. The van der Waals surface area contributed by atoms with Gasteiger partial charge in [0.05, 0.1) is 13.1 Å². The molecule has 0 amide bonds. The summed E-state index contributed by atoms with van der Waals surface area (Å²) in [6.07, 6.45) is -4.42. The summed E-state index contributed by atoms with van der Waals surface area (Å²) in [6, 6.07) is 5.70. The van der Waals surface area contributed by atoms with Crippen molar-refractivity contribution in [3.05, 3.63) is 30.1 Å². The van der Waals surface area contributed by atoms with Crippen LogP contribution in [0.3, 0.4) is 0 Å². The van der Waals surface area contributed by atoms with Crippen molar-refractivity contribution in [2.75, 3.05) is 40.3 Å². The highest BCUT2D eigenvalue weighted by Crippen LogP contribution is 2.15. The second-order valence-electron chi connectivity index (χ2n) is 5.62. The van der Waals surface area contributed by atoms with Crippen molar-refractivity contribution in [1.29, 1.82) is 0 Å². The number of halogens is 4. The number of rotatable bonds is 8. The van der Waals surface area contributed by atoms with Gasteiger partial charge in [-0.3, -0.25) is 9.89 Å². The van der Waals surface area contributed by atoms with Crippen LogP contribution in [0.5, 0.6) is 5.75 Å². The zero-order valence-electron chi connectivity index (χ0n) is 14.5. The first-order valence-electron chi connectivity index (χ1n) is 7.81. The second-order valence-corrected chi connectivity index (χ2v) is 5.62. The molecule has 9 heteroatoms. The molecule has 142 valence electrons. The predicted octanol–water partition coefficient (Wildman–Crippen LogP) is 2.25. The van der Waals surface area contributed by atoms with E-state index in [1.54, 1.807) is 7.05 Å². The molecule has 2 N–H and O–H groups in total. The van der Waals surface area contributed by atoms with Crippen LogP contribution in [0.25, 0.3) is 0 Å². The van der Waals surface area contributed by atoms with Crippen LogP contribution in [-0.4, -0.2) is 63.4 Å². The minimum atomic E-state index is -4.21. The summed E-state index contributed by atoms with van der Waals surface area (Å²) in [5.41, 5.74) is 0. The lowest BCUT2D eigenvalue weighted by Gasteiger charge is -2.20. The Kier molecular flexibility index (Phi) is 8.47. The summed E-state index contributed by atoms with van der Waals surface area (Å²) in [6.45, 7) is 1.85. The smallest absolute Gasteiger partial charge is 0.401 e. The fourth-order valence-electron chi connectivity index (χ4n) is 2.00. The lowest BCUT2D eigenvalue weighted by atomic mass is 10.3. The number of hydrogen-bond acceptors (Lipinski definition) is 3. The van der Waals surface area contributed by atoms with Gasteiger partial charge in [-0.25, -0.2) is 4.39 Å². The molecule has 0 aromatic heterocycles. The summed E-state index contributed by atoms with van der Waals surface area (Å²) < 4.78 is 55.2. The van der Waals surface area contributed by atoms with Crippen molar-refractivity contribution < 1.29 is 22.3 Å². The van der Waals surface area contributed by atoms with E-state index in [0.29, 0.717) is 24.8 Å². The monoisotopic (exact) mass is 364 g/mol. The van der Waals surface area contributed by atoms with Gasteiger partial charge in [0, 0.05) is 20.1 Å². The molecule has 1 unspecified atom stereocenters. The highest BCUT2D eigenvalue weighted by Gasteiger charge is 2.28. The highest BCUT2D eigenvalue weighted by atomic mass is 19.4. The number of benzene rings is 1. The Morgan fingerprint density at radius 2 is 1.88 bits per heavy atom. The maximum Gasteiger partial charge on any atom is 0.401 e. The van der Waals surface area contributed by atoms with Gasteiger partial charge in [-0.05, 0) is 38.2 Å². The Hall–Kier alpha value is -2.03. The van der Waals surface area contributed by atoms with Crippen LogP contribution in [0, 0.1) is 5.82 Å². The van der Waals surface area contributed by atoms with E-state index in [1.165, 1.54) is 36.2 Å². The van der Waals surface area contributed by atoms with Crippen molar-refractivity contribution in [2.24, 2.45) is 4.99 Å². The molecule has 1 rings (SSSR count). The van der Waals surface area contributed by atoms with E-state index in [9.17, 15) is 17.6 Å². The maximum absolute atomic E-state index is 12.8. The summed E-state index contributed by atoms with van der Waals surface area (Å²) in [4.78, 5) is 5.18. The topological polar surface area (TPSA) is 48.9 Å². The number of likely N-dealkylation sites (N-methyl/N-ethyl adjacent to an activating group) is 1. The third-order valence-corrected chi connectivity index (χ3v) is 3.17. The Morgan fingerprint density at radius 1 is 1.24 bits per heavy atom. The zero-order valence-corrected chi connectivity index (χ0v) is 14.5. The van der Waals surface area contributed by atoms with Gasteiger partial charge in [-0.1, -0.05) is 0 Å². The highest BCUT2D eigenvalue weighted by molar-refractivity contribution is 5.79. The number of nitrogens with zero attached hydrogens (tertiary/aromatic N) is 2. The molecule has 1 atom stereocenters. The predicted molar refractivity (Wildman–Crippen MR) is 89.4 cm³/mol. The van der Waals surface area contributed by atoms with Gasteiger partial charge >= 0.3 is 6.18 Å². The fraction of sp³-hybridized carbons (Fsp3) is 0.562. The van der Waals surface area contributed by atoms with Crippen LogP contribution in [-0.2, 0) is 0 Å². The van der Waals surface area contributed by atoms with Gasteiger partial charge in [0.15, 0.2) is 5.96 Å². The normalized spacial score (nSPS) is 13.7. The Morgan fingerprint density at radius 3 is 2.44 bits per heavy atom. The Labute approximate surface area is 145 Å². The van der Waals surface area contributed by atoms with Gasteiger partial charge < -0.3 is 15.4 Å². The van der Waals surface area contributed by atoms with Crippen LogP contribution in [0.1, 0.15) is 6.92 Å². The van der Waals surface area contributed by atoms with Crippen LogP contribution < -0.4 is 15.4 Å². The van der Waals surface area contributed by atoms with E-state index in [2.05, 4.69) is 15.6 Å². The summed E-state index contributed by atoms with van der Waals surface area (Å²) >= 11 is 0. The number of alkyl halides is 3. The summed E-state index contributed by atoms with van der Waals surface area (Å²) in [5, 5.41) is 5.96. The number of nitrogens with one attached hydrogen (secondary N) is 2. The van der Waals surface area contributed by atoms with Crippen molar-refractivity contribution in [3.63, 3.8) is 0 Å². The molecule has 5 nitrogen and oxygen atoms in total. The number of ether oxygens (including phenoxy) is 1. The Bertz CT molecular complexity index is 534. The molecule has 0 fully saturated rings. The lowest BCUT2D eigenvalue weighted by Crippen LogP contribution is -2.44. The largest absolute Gasteiger partial charge is 0.489 e. The average Bonchev–Trinajstić information content (AvgIpc) is 2.51. The van der Waals surface area contributed by atoms with Crippen LogP contribution in [0.15, 0.2) is 29.3 Å². The molecule has 0 aliphatic carbocycles. The van der Waals surface area contributed by atoms with Crippen molar-refractivity contribution in [3.8, 4) is 5.75 Å². The molecule has 25 heavy (non-hydrogen) atoms. The molecule has 1 aromatic carbocycles. The number of hydrogen-bond donors (Lipinski definition) is 2. The third-order valence-electron chi connectivity index (χ3n) is 3.17. The van der Waals surface area contributed by atoms with Gasteiger partial charge in [0.25, 0.3) is 0 Å². The van der Waals surface area contributed by atoms with Gasteiger partial charge in [0.2, 0.25) is 0 Å². The molecule has 0 aliphatic heterocycles.